The van der Waals surface area contributed by atoms with Crippen LogP contribution in [0.1, 0.15) is 28.7 Å². The molecule has 3 aromatic rings. The molecule has 0 bridgehead atoms. The van der Waals surface area contributed by atoms with Crippen molar-refractivity contribution in [2.24, 2.45) is 0 Å². The zero-order valence-corrected chi connectivity index (χ0v) is 15.7. The van der Waals surface area contributed by atoms with Crippen LogP contribution in [0, 0.1) is 0 Å². The molecule has 0 amide bonds. The van der Waals surface area contributed by atoms with Crippen LogP contribution in [0.2, 0.25) is 0 Å². The number of hydrogen-bond acceptors (Lipinski definition) is 2. The molecule has 0 aromatic heterocycles. The highest BCUT2D eigenvalue weighted by Gasteiger charge is 2.43. The Balaban J connectivity index is 1.85. The zero-order valence-electron chi connectivity index (χ0n) is 15.7. The summed E-state index contributed by atoms with van der Waals surface area (Å²) in [4.78, 5) is 13.4. The lowest BCUT2D eigenvalue weighted by molar-refractivity contribution is -0.125. The molecule has 3 aromatic carbocycles. The Hall–Kier alpha value is -2.87. The van der Waals surface area contributed by atoms with Crippen molar-refractivity contribution >= 4 is 5.78 Å². The number of ketones is 1. The molecule has 0 saturated heterocycles. The van der Waals surface area contributed by atoms with E-state index in [0.29, 0.717) is 12.2 Å². The van der Waals surface area contributed by atoms with E-state index in [9.17, 15) is 4.79 Å². The molecular weight excluding hydrogens is 332 g/mol. The SMILES string of the molecule is COc1ccc2c(c1)CCC(=O)C2(Cc1ccccc1)Cc1ccccc1. The van der Waals surface area contributed by atoms with Crippen LogP contribution in [0.5, 0.6) is 5.75 Å². The molecule has 0 heterocycles. The highest BCUT2D eigenvalue weighted by atomic mass is 16.5. The fourth-order valence-electron chi connectivity index (χ4n) is 4.35. The molecule has 0 radical (unpaired) electrons. The van der Waals surface area contributed by atoms with E-state index in [-0.39, 0.29) is 0 Å². The smallest absolute Gasteiger partial charge is 0.144 e. The van der Waals surface area contributed by atoms with E-state index in [1.54, 1.807) is 7.11 Å². The normalized spacial score (nSPS) is 15.2. The number of rotatable bonds is 5. The second-order valence-electron chi connectivity index (χ2n) is 7.35. The van der Waals surface area contributed by atoms with Crippen molar-refractivity contribution in [1.29, 1.82) is 0 Å². The summed E-state index contributed by atoms with van der Waals surface area (Å²) < 4.78 is 5.43. The van der Waals surface area contributed by atoms with E-state index >= 15 is 0 Å². The molecule has 4 rings (SSSR count). The summed E-state index contributed by atoms with van der Waals surface area (Å²) in [6, 6.07) is 26.9. The van der Waals surface area contributed by atoms with Gasteiger partial charge in [-0.3, -0.25) is 4.79 Å². The second kappa shape index (κ2) is 7.40. The maximum atomic E-state index is 13.4. The molecule has 1 aliphatic carbocycles. The summed E-state index contributed by atoms with van der Waals surface area (Å²) in [5, 5.41) is 0. The molecule has 27 heavy (non-hydrogen) atoms. The van der Waals surface area contributed by atoms with Gasteiger partial charge in [0.2, 0.25) is 0 Å². The van der Waals surface area contributed by atoms with Gasteiger partial charge in [-0.2, -0.15) is 0 Å². The summed E-state index contributed by atoms with van der Waals surface area (Å²) >= 11 is 0. The average Bonchev–Trinajstić information content (AvgIpc) is 2.72. The van der Waals surface area contributed by atoms with Gasteiger partial charge >= 0.3 is 0 Å². The molecule has 0 unspecified atom stereocenters. The second-order valence-corrected chi connectivity index (χ2v) is 7.35. The first-order valence-electron chi connectivity index (χ1n) is 9.50. The van der Waals surface area contributed by atoms with Crippen LogP contribution in [0.25, 0.3) is 0 Å². The van der Waals surface area contributed by atoms with Gasteiger partial charge in [0, 0.05) is 6.42 Å². The van der Waals surface area contributed by atoms with Crippen molar-refractivity contribution in [1.82, 2.24) is 0 Å². The van der Waals surface area contributed by atoms with Crippen molar-refractivity contribution in [3.8, 4) is 5.75 Å². The Morgan fingerprint density at radius 1 is 0.815 bits per heavy atom. The minimum atomic E-state index is -0.525. The number of carbonyl (C=O) groups excluding carboxylic acids is 1. The fourth-order valence-corrected chi connectivity index (χ4v) is 4.35. The van der Waals surface area contributed by atoms with Crippen molar-refractivity contribution in [2.75, 3.05) is 7.11 Å². The molecule has 136 valence electrons. The molecule has 0 atom stereocenters. The van der Waals surface area contributed by atoms with Gasteiger partial charge in [-0.1, -0.05) is 66.7 Å². The number of Topliss-reactive ketones (excluding diaryl/α,β-unsaturated/α-hetero) is 1. The van der Waals surface area contributed by atoms with Gasteiger partial charge in [-0.05, 0) is 53.6 Å². The minimum Gasteiger partial charge on any atom is -0.497 e. The first kappa shape index (κ1) is 17.5. The third-order valence-corrected chi connectivity index (χ3v) is 5.68. The standard InChI is InChI=1S/C25H24O2/c1-27-22-13-14-23-21(16-22)12-15-24(26)25(23,17-19-8-4-2-5-9-19)18-20-10-6-3-7-11-20/h2-11,13-14,16H,12,15,17-18H2,1H3. The summed E-state index contributed by atoms with van der Waals surface area (Å²) in [6.07, 6.45) is 2.82. The molecule has 0 aliphatic heterocycles. The molecule has 2 nitrogen and oxygen atoms in total. The number of benzene rings is 3. The molecule has 0 fully saturated rings. The highest BCUT2D eigenvalue weighted by molar-refractivity contribution is 5.93. The minimum absolute atomic E-state index is 0.341. The number of methoxy groups -OCH3 is 1. The third-order valence-electron chi connectivity index (χ3n) is 5.68. The Morgan fingerprint density at radius 3 is 1.96 bits per heavy atom. The first-order chi connectivity index (χ1) is 13.2. The molecule has 0 saturated carbocycles. The van der Waals surface area contributed by atoms with E-state index in [1.807, 2.05) is 42.5 Å². The van der Waals surface area contributed by atoms with Gasteiger partial charge in [0.05, 0.1) is 12.5 Å². The first-order valence-corrected chi connectivity index (χ1v) is 9.50. The van der Waals surface area contributed by atoms with Crippen LogP contribution in [0.4, 0.5) is 0 Å². The number of fused-ring (bicyclic) bond motifs is 1. The number of aryl methyl sites for hydroxylation is 1. The van der Waals surface area contributed by atoms with Crippen LogP contribution in [-0.4, -0.2) is 12.9 Å². The van der Waals surface area contributed by atoms with Crippen LogP contribution >= 0.6 is 0 Å². The van der Waals surface area contributed by atoms with Gasteiger partial charge < -0.3 is 4.74 Å². The molecule has 1 aliphatic rings. The average molecular weight is 356 g/mol. The van der Waals surface area contributed by atoms with Gasteiger partial charge in [0.1, 0.15) is 11.5 Å². The Morgan fingerprint density at radius 2 is 1.41 bits per heavy atom. The molecule has 2 heteroatoms. The Kier molecular flexibility index (Phi) is 4.81. The Bertz CT molecular complexity index is 888. The third kappa shape index (κ3) is 3.40. The van der Waals surface area contributed by atoms with Gasteiger partial charge in [-0.15, -0.1) is 0 Å². The summed E-state index contributed by atoms with van der Waals surface area (Å²) in [6.45, 7) is 0. The van der Waals surface area contributed by atoms with Gasteiger partial charge in [0.15, 0.2) is 0 Å². The lowest BCUT2D eigenvalue weighted by Gasteiger charge is -2.38. The lowest BCUT2D eigenvalue weighted by Crippen LogP contribution is -2.44. The van der Waals surface area contributed by atoms with Gasteiger partial charge in [0.25, 0.3) is 0 Å². The molecule has 0 N–H and O–H groups in total. The van der Waals surface area contributed by atoms with Crippen LogP contribution in [0.15, 0.2) is 78.9 Å². The number of hydrogen-bond donors (Lipinski definition) is 0. The predicted molar refractivity (Wildman–Crippen MR) is 108 cm³/mol. The lowest BCUT2D eigenvalue weighted by atomic mass is 9.63. The largest absolute Gasteiger partial charge is 0.497 e. The monoisotopic (exact) mass is 356 g/mol. The molecule has 0 spiro atoms. The molecular formula is C25H24O2. The quantitative estimate of drug-likeness (QED) is 0.648. The van der Waals surface area contributed by atoms with Crippen LogP contribution in [0.3, 0.4) is 0 Å². The highest BCUT2D eigenvalue weighted by Crippen LogP contribution is 2.41. The van der Waals surface area contributed by atoms with E-state index in [4.69, 9.17) is 4.74 Å². The topological polar surface area (TPSA) is 26.3 Å². The van der Waals surface area contributed by atoms with E-state index in [1.165, 1.54) is 16.7 Å². The number of carbonyl (C=O) groups is 1. The summed E-state index contributed by atoms with van der Waals surface area (Å²) in [5.41, 5.74) is 4.27. The van der Waals surface area contributed by atoms with E-state index in [2.05, 4.69) is 36.4 Å². The maximum Gasteiger partial charge on any atom is 0.144 e. The van der Waals surface area contributed by atoms with Gasteiger partial charge in [-0.25, -0.2) is 0 Å². The summed E-state index contributed by atoms with van der Waals surface area (Å²) in [7, 11) is 1.69. The number of ether oxygens (including phenoxy) is 1. The van der Waals surface area contributed by atoms with Crippen LogP contribution in [-0.2, 0) is 29.5 Å². The Labute approximate surface area is 160 Å². The van der Waals surface area contributed by atoms with Crippen LogP contribution < -0.4 is 4.74 Å². The van der Waals surface area contributed by atoms with Crippen molar-refractivity contribution in [3.63, 3.8) is 0 Å². The van der Waals surface area contributed by atoms with E-state index in [0.717, 1.165) is 30.6 Å². The van der Waals surface area contributed by atoms with Crippen molar-refractivity contribution < 1.29 is 9.53 Å². The van der Waals surface area contributed by atoms with E-state index < -0.39 is 5.41 Å². The van der Waals surface area contributed by atoms with Crippen molar-refractivity contribution in [3.05, 3.63) is 101 Å². The zero-order chi connectivity index (χ0) is 18.7. The predicted octanol–water partition coefficient (Wildman–Crippen LogP) is 4.93. The summed E-state index contributed by atoms with van der Waals surface area (Å²) in [5.74, 6) is 1.20. The van der Waals surface area contributed by atoms with Crippen molar-refractivity contribution in [2.45, 2.75) is 31.1 Å². The maximum absolute atomic E-state index is 13.4. The fraction of sp³-hybridized carbons (Fsp3) is 0.240.